The second-order valence-electron chi connectivity index (χ2n) is 6.26. The van der Waals surface area contributed by atoms with E-state index >= 15 is 0 Å². The monoisotopic (exact) mass is 443 g/mol. The predicted octanol–water partition coefficient (Wildman–Crippen LogP) is 5.18. The van der Waals surface area contributed by atoms with E-state index in [1.54, 1.807) is 12.1 Å². The van der Waals surface area contributed by atoms with Crippen LogP contribution in [0.25, 0.3) is 11.1 Å². The summed E-state index contributed by atoms with van der Waals surface area (Å²) in [5.74, 6) is 0.488. The quantitative estimate of drug-likeness (QED) is 0.589. The normalized spacial score (nSPS) is 13.3. The minimum atomic E-state index is -0.286. The Bertz CT molecular complexity index is 1110. The second-order valence-corrected chi connectivity index (χ2v) is 8.08. The van der Waals surface area contributed by atoms with Gasteiger partial charge in [-0.3, -0.25) is 4.79 Å². The molecule has 0 spiro atoms. The Morgan fingerprint density at radius 2 is 1.97 bits per heavy atom. The van der Waals surface area contributed by atoms with Crippen LogP contribution in [-0.4, -0.2) is 22.7 Å². The molecule has 0 saturated carbocycles. The van der Waals surface area contributed by atoms with Gasteiger partial charge in [0.1, 0.15) is 12.4 Å². The van der Waals surface area contributed by atoms with Gasteiger partial charge in [-0.1, -0.05) is 64.9 Å². The zero-order valence-electron chi connectivity index (χ0n) is 15.1. The minimum Gasteiger partial charge on any atom is -0.488 e. The van der Waals surface area contributed by atoms with E-state index in [9.17, 15) is 4.79 Å². The zero-order valence-corrected chi connectivity index (χ0v) is 17.4. The van der Waals surface area contributed by atoms with E-state index in [1.165, 1.54) is 0 Å². The van der Waals surface area contributed by atoms with Crippen molar-refractivity contribution in [3.63, 3.8) is 0 Å². The molecule has 146 valence electrons. The fourth-order valence-corrected chi connectivity index (χ4v) is 3.88. The summed E-state index contributed by atoms with van der Waals surface area (Å²) in [5, 5.41) is 12.6. The van der Waals surface area contributed by atoms with Crippen LogP contribution in [-0.2, 0) is 6.54 Å². The van der Waals surface area contributed by atoms with E-state index in [-0.39, 0.29) is 10.9 Å². The SMILES string of the molecule is O=C(NCc1ccccc1)c1nnc(C(Cl)=CC2=Cc3cc(Cl)ccc3OC2)s1. The maximum atomic E-state index is 12.3. The first-order chi connectivity index (χ1) is 14.1. The molecule has 8 heteroatoms. The minimum absolute atomic E-state index is 0.258. The molecule has 5 nitrogen and oxygen atoms in total. The maximum absolute atomic E-state index is 12.3. The molecule has 0 saturated heterocycles. The number of carbonyl (C=O) groups excluding carboxylic acids is 1. The molecule has 3 aromatic rings. The molecule has 1 aromatic heterocycles. The molecule has 2 aromatic carbocycles. The van der Waals surface area contributed by atoms with E-state index in [4.69, 9.17) is 27.9 Å². The van der Waals surface area contributed by atoms with Crippen molar-refractivity contribution < 1.29 is 9.53 Å². The average molecular weight is 444 g/mol. The number of nitrogens with one attached hydrogen (secondary N) is 1. The number of fused-ring (bicyclic) bond motifs is 1. The molecule has 0 unspecified atom stereocenters. The van der Waals surface area contributed by atoms with Gasteiger partial charge in [0.2, 0.25) is 5.01 Å². The van der Waals surface area contributed by atoms with E-state index in [0.29, 0.717) is 28.2 Å². The van der Waals surface area contributed by atoms with Crippen molar-refractivity contribution in [3.05, 3.63) is 86.3 Å². The van der Waals surface area contributed by atoms with Gasteiger partial charge in [0, 0.05) is 17.1 Å². The third-order valence-corrected chi connectivity index (χ3v) is 5.73. The molecule has 0 bridgehead atoms. The Labute approximate surface area is 181 Å². The molecule has 29 heavy (non-hydrogen) atoms. The summed E-state index contributed by atoms with van der Waals surface area (Å²) in [4.78, 5) is 12.3. The first kappa shape index (κ1) is 19.6. The summed E-state index contributed by atoms with van der Waals surface area (Å²) in [6.07, 6.45) is 3.72. The lowest BCUT2D eigenvalue weighted by Gasteiger charge is -2.16. The number of hydrogen-bond donors (Lipinski definition) is 1. The van der Waals surface area contributed by atoms with Crippen LogP contribution in [0.2, 0.25) is 5.02 Å². The topological polar surface area (TPSA) is 64.1 Å². The molecule has 0 fully saturated rings. The zero-order chi connectivity index (χ0) is 20.2. The third-order valence-electron chi connectivity index (χ3n) is 4.14. The average Bonchev–Trinajstić information content (AvgIpc) is 3.23. The van der Waals surface area contributed by atoms with E-state index in [0.717, 1.165) is 33.8 Å². The van der Waals surface area contributed by atoms with Gasteiger partial charge in [0.15, 0.2) is 5.01 Å². The van der Waals surface area contributed by atoms with E-state index < -0.39 is 0 Å². The van der Waals surface area contributed by atoms with Crippen LogP contribution in [0.5, 0.6) is 5.75 Å². The summed E-state index contributed by atoms with van der Waals surface area (Å²) >= 11 is 13.6. The number of amides is 1. The van der Waals surface area contributed by atoms with Crippen LogP contribution >= 0.6 is 34.5 Å². The first-order valence-electron chi connectivity index (χ1n) is 8.74. The second kappa shape index (κ2) is 8.78. The molecule has 2 heterocycles. The highest BCUT2D eigenvalue weighted by Crippen LogP contribution is 2.31. The lowest BCUT2D eigenvalue weighted by molar-refractivity contribution is 0.0950. The first-order valence-corrected chi connectivity index (χ1v) is 10.3. The molecule has 4 rings (SSSR count). The summed E-state index contributed by atoms with van der Waals surface area (Å²) in [6.45, 7) is 0.804. The van der Waals surface area contributed by atoms with E-state index in [2.05, 4.69) is 15.5 Å². The molecule has 0 aliphatic carbocycles. The summed E-state index contributed by atoms with van der Waals surface area (Å²) in [7, 11) is 0. The highest BCUT2D eigenvalue weighted by molar-refractivity contribution is 7.15. The number of rotatable bonds is 5. The summed E-state index contributed by atoms with van der Waals surface area (Å²) in [5.41, 5.74) is 2.76. The van der Waals surface area contributed by atoms with Crippen molar-refractivity contribution in [1.82, 2.24) is 15.5 Å². The lowest BCUT2D eigenvalue weighted by Crippen LogP contribution is -2.22. The lowest BCUT2D eigenvalue weighted by atomic mass is 10.1. The Balaban J connectivity index is 1.45. The summed E-state index contributed by atoms with van der Waals surface area (Å²) < 4.78 is 5.72. The molecule has 1 N–H and O–H groups in total. The van der Waals surface area contributed by atoms with Crippen LogP contribution in [0.1, 0.15) is 25.9 Å². The van der Waals surface area contributed by atoms with Crippen molar-refractivity contribution >= 4 is 51.6 Å². The van der Waals surface area contributed by atoms with Crippen LogP contribution in [0, 0.1) is 0 Å². The van der Waals surface area contributed by atoms with Gasteiger partial charge < -0.3 is 10.1 Å². The van der Waals surface area contributed by atoms with Gasteiger partial charge in [0.25, 0.3) is 5.91 Å². The van der Waals surface area contributed by atoms with Crippen molar-refractivity contribution in [1.29, 1.82) is 0 Å². The summed E-state index contributed by atoms with van der Waals surface area (Å²) in [6, 6.07) is 15.1. The van der Waals surface area contributed by atoms with Crippen molar-refractivity contribution in [2.75, 3.05) is 6.61 Å². The van der Waals surface area contributed by atoms with Gasteiger partial charge in [0.05, 0.1) is 5.03 Å². The van der Waals surface area contributed by atoms with Gasteiger partial charge >= 0.3 is 0 Å². The standard InChI is InChI=1S/C21H15Cl2N3O2S/c22-16-6-7-18-15(10-16)8-14(12-28-18)9-17(23)20-25-26-21(29-20)19(27)24-11-13-4-2-1-3-5-13/h1-10H,11-12H2,(H,24,27). The van der Waals surface area contributed by atoms with Crippen molar-refractivity contribution in [3.8, 4) is 5.75 Å². The molecular weight excluding hydrogens is 429 g/mol. The van der Waals surface area contributed by atoms with E-state index in [1.807, 2.05) is 48.5 Å². The highest BCUT2D eigenvalue weighted by Gasteiger charge is 2.16. The Kier molecular flexibility index (Phi) is 5.94. The van der Waals surface area contributed by atoms with Gasteiger partial charge in [-0.2, -0.15) is 0 Å². The Morgan fingerprint density at radius 1 is 1.17 bits per heavy atom. The number of ether oxygens (including phenoxy) is 1. The fraction of sp³-hybridized carbons (Fsp3) is 0.0952. The number of benzene rings is 2. The molecule has 1 aliphatic rings. The molecule has 1 amide bonds. The molecule has 0 radical (unpaired) electrons. The molecular formula is C21H15Cl2N3O2S. The smallest absolute Gasteiger partial charge is 0.282 e. The van der Waals surface area contributed by atoms with Crippen LogP contribution in [0.15, 0.2) is 60.2 Å². The van der Waals surface area contributed by atoms with Crippen molar-refractivity contribution in [2.45, 2.75) is 6.54 Å². The molecule has 0 atom stereocenters. The van der Waals surface area contributed by atoms with Crippen LogP contribution < -0.4 is 10.1 Å². The molecule has 1 aliphatic heterocycles. The van der Waals surface area contributed by atoms with Crippen LogP contribution in [0.4, 0.5) is 0 Å². The predicted molar refractivity (Wildman–Crippen MR) is 116 cm³/mol. The fourth-order valence-electron chi connectivity index (χ4n) is 2.74. The highest BCUT2D eigenvalue weighted by atomic mass is 35.5. The number of hydrogen-bond acceptors (Lipinski definition) is 5. The Hall–Kier alpha value is -2.67. The number of halogens is 2. The van der Waals surface area contributed by atoms with Gasteiger partial charge in [-0.25, -0.2) is 0 Å². The van der Waals surface area contributed by atoms with Gasteiger partial charge in [-0.15, -0.1) is 10.2 Å². The largest absolute Gasteiger partial charge is 0.488 e. The Morgan fingerprint density at radius 3 is 2.79 bits per heavy atom. The van der Waals surface area contributed by atoms with Crippen molar-refractivity contribution in [2.24, 2.45) is 0 Å². The number of aromatic nitrogens is 2. The third kappa shape index (κ3) is 4.85. The van der Waals surface area contributed by atoms with Crippen LogP contribution in [0.3, 0.4) is 0 Å². The number of carbonyl (C=O) groups is 1. The van der Waals surface area contributed by atoms with Gasteiger partial charge in [-0.05, 0) is 41.5 Å². The maximum Gasteiger partial charge on any atom is 0.282 e. The number of nitrogens with zero attached hydrogens (tertiary/aromatic N) is 2.